The molecule has 3 heterocycles. The van der Waals surface area contributed by atoms with Crippen molar-refractivity contribution in [2.45, 2.75) is 40.7 Å². The zero-order valence-corrected chi connectivity index (χ0v) is 17.4. The van der Waals surface area contributed by atoms with E-state index < -0.39 is 0 Å². The quantitative estimate of drug-likeness (QED) is 0.878. The maximum absolute atomic E-state index is 4.40. The molecule has 2 aromatic rings. The van der Waals surface area contributed by atoms with Crippen LogP contribution in [0.15, 0.2) is 18.3 Å². The molecule has 0 spiro atoms. The van der Waals surface area contributed by atoms with E-state index in [1.165, 1.54) is 19.6 Å². The lowest BCUT2D eigenvalue weighted by Gasteiger charge is -2.32. The number of hydrogen-bond acceptors (Lipinski definition) is 5. The highest BCUT2D eigenvalue weighted by molar-refractivity contribution is 5.61. The van der Waals surface area contributed by atoms with Crippen molar-refractivity contribution in [1.82, 2.24) is 24.9 Å². The fraction of sp³-hybridized carbons (Fsp3) is 0.667. The Kier molecular flexibility index (Phi) is 4.49. The van der Waals surface area contributed by atoms with Crippen molar-refractivity contribution in [3.8, 4) is 11.3 Å². The largest absolute Gasteiger partial charge is 0.365 e. The lowest BCUT2D eigenvalue weighted by Crippen LogP contribution is -2.35. The fourth-order valence-electron chi connectivity index (χ4n) is 4.21. The second-order valence-electron chi connectivity index (χ2n) is 9.59. The van der Waals surface area contributed by atoms with E-state index in [-0.39, 0.29) is 0 Å². The number of aryl methyl sites for hydroxylation is 2. The van der Waals surface area contributed by atoms with Crippen molar-refractivity contribution < 1.29 is 0 Å². The molecule has 6 heteroatoms. The van der Waals surface area contributed by atoms with Crippen LogP contribution in [-0.2, 0) is 7.05 Å². The molecule has 1 aliphatic carbocycles. The van der Waals surface area contributed by atoms with Gasteiger partial charge < -0.3 is 10.2 Å². The van der Waals surface area contributed by atoms with Crippen LogP contribution in [0.1, 0.15) is 33.4 Å². The SMILES string of the molecule is Cc1nn(C)cc1-c1ccc(N[C@@H]2[C@@H]3CN(CC(C)C(C)(C)C)C[C@@H]32)nn1. The van der Waals surface area contributed by atoms with E-state index in [2.05, 4.69) is 53.2 Å². The van der Waals surface area contributed by atoms with Crippen molar-refractivity contribution in [2.75, 3.05) is 25.0 Å². The Bertz CT molecular complexity index is 791. The van der Waals surface area contributed by atoms with E-state index in [9.17, 15) is 0 Å². The maximum Gasteiger partial charge on any atom is 0.148 e. The molecule has 146 valence electrons. The molecule has 6 nitrogen and oxygen atoms in total. The highest BCUT2D eigenvalue weighted by atomic mass is 15.3. The van der Waals surface area contributed by atoms with Gasteiger partial charge in [-0.3, -0.25) is 4.68 Å². The van der Waals surface area contributed by atoms with Crippen LogP contribution in [0.3, 0.4) is 0 Å². The van der Waals surface area contributed by atoms with Gasteiger partial charge in [-0.05, 0) is 42.2 Å². The molecule has 0 bridgehead atoms. The zero-order valence-electron chi connectivity index (χ0n) is 17.4. The molecular weight excluding hydrogens is 336 g/mol. The summed E-state index contributed by atoms with van der Waals surface area (Å²) in [6.45, 7) is 15.0. The molecule has 1 aliphatic heterocycles. The van der Waals surface area contributed by atoms with Crippen molar-refractivity contribution in [2.24, 2.45) is 30.2 Å². The van der Waals surface area contributed by atoms with Crippen LogP contribution in [-0.4, -0.2) is 50.6 Å². The smallest absolute Gasteiger partial charge is 0.148 e. The summed E-state index contributed by atoms with van der Waals surface area (Å²) >= 11 is 0. The average molecular weight is 369 g/mol. The number of fused-ring (bicyclic) bond motifs is 1. The molecule has 1 N–H and O–H groups in total. The average Bonchev–Trinajstić information content (AvgIpc) is 2.93. The predicted molar refractivity (Wildman–Crippen MR) is 108 cm³/mol. The van der Waals surface area contributed by atoms with E-state index in [1.807, 2.05) is 37.0 Å². The van der Waals surface area contributed by atoms with Crippen molar-refractivity contribution in [3.63, 3.8) is 0 Å². The van der Waals surface area contributed by atoms with Crippen LogP contribution in [0, 0.1) is 30.1 Å². The molecular formula is C21H32N6. The Hall–Kier alpha value is -1.95. The lowest BCUT2D eigenvalue weighted by molar-refractivity contribution is 0.171. The van der Waals surface area contributed by atoms with Crippen molar-refractivity contribution in [1.29, 1.82) is 0 Å². The highest BCUT2D eigenvalue weighted by Gasteiger charge is 2.56. The van der Waals surface area contributed by atoms with Gasteiger partial charge in [0.05, 0.1) is 11.4 Å². The van der Waals surface area contributed by atoms with E-state index >= 15 is 0 Å². The van der Waals surface area contributed by atoms with Gasteiger partial charge in [-0.15, -0.1) is 10.2 Å². The van der Waals surface area contributed by atoms with Crippen molar-refractivity contribution >= 4 is 5.82 Å². The first-order valence-corrected chi connectivity index (χ1v) is 10.1. The summed E-state index contributed by atoms with van der Waals surface area (Å²) in [6, 6.07) is 4.64. The van der Waals surface area contributed by atoms with Crippen LogP contribution in [0.4, 0.5) is 5.82 Å². The van der Waals surface area contributed by atoms with Gasteiger partial charge in [0.15, 0.2) is 0 Å². The molecule has 0 aromatic carbocycles. The molecule has 0 radical (unpaired) electrons. The number of hydrogen-bond donors (Lipinski definition) is 1. The second-order valence-corrected chi connectivity index (χ2v) is 9.59. The Labute approximate surface area is 162 Å². The van der Waals surface area contributed by atoms with Gasteiger partial charge in [0.25, 0.3) is 0 Å². The molecule has 27 heavy (non-hydrogen) atoms. The minimum atomic E-state index is 0.383. The monoisotopic (exact) mass is 368 g/mol. The number of anilines is 1. The summed E-state index contributed by atoms with van der Waals surface area (Å²) in [5.74, 6) is 3.13. The standard InChI is InChI=1S/C21H32N6/c1-13(21(3,4)5)9-27-11-16-17(12-27)20(16)22-19-8-7-18(23-24-19)15-10-26(6)25-14(15)2/h7-8,10,13,16-17,20H,9,11-12H2,1-6H3,(H,22,24)/t13?,16-,17+,20-. The molecule has 2 aromatic heterocycles. The van der Waals surface area contributed by atoms with Crippen LogP contribution >= 0.6 is 0 Å². The lowest BCUT2D eigenvalue weighted by atomic mass is 9.82. The number of likely N-dealkylation sites (tertiary alicyclic amines) is 1. The molecule has 0 amide bonds. The van der Waals surface area contributed by atoms with Gasteiger partial charge in [-0.2, -0.15) is 5.10 Å². The summed E-state index contributed by atoms with van der Waals surface area (Å²) in [5.41, 5.74) is 3.29. The maximum atomic E-state index is 4.40. The van der Waals surface area contributed by atoms with Gasteiger partial charge in [0, 0.05) is 44.5 Å². The van der Waals surface area contributed by atoms with E-state index in [4.69, 9.17) is 0 Å². The van der Waals surface area contributed by atoms with Crippen LogP contribution < -0.4 is 5.32 Å². The van der Waals surface area contributed by atoms with Crippen LogP contribution in [0.5, 0.6) is 0 Å². The third kappa shape index (κ3) is 3.72. The van der Waals surface area contributed by atoms with E-state index in [0.717, 1.165) is 40.5 Å². The summed E-state index contributed by atoms with van der Waals surface area (Å²) < 4.78 is 1.82. The normalized spacial score (nSPS) is 26.1. The van der Waals surface area contributed by atoms with Crippen LogP contribution in [0.25, 0.3) is 11.3 Å². The molecule has 4 atom stereocenters. The first-order valence-electron chi connectivity index (χ1n) is 10.1. The van der Waals surface area contributed by atoms with Gasteiger partial charge in [-0.1, -0.05) is 27.7 Å². The third-order valence-corrected chi connectivity index (χ3v) is 6.55. The Morgan fingerprint density at radius 2 is 1.89 bits per heavy atom. The molecule has 1 saturated heterocycles. The number of aromatic nitrogens is 4. The Morgan fingerprint density at radius 3 is 2.41 bits per heavy atom. The number of rotatable bonds is 5. The Balaban J connectivity index is 1.31. The summed E-state index contributed by atoms with van der Waals surface area (Å²) in [5, 5.41) is 16.8. The molecule has 2 aliphatic rings. The number of nitrogens with zero attached hydrogens (tertiary/aromatic N) is 5. The third-order valence-electron chi connectivity index (χ3n) is 6.55. The Morgan fingerprint density at radius 1 is 1.19 bits per heavy atom. The predicted octanol–water partition coefficient (Wildman–Crippen LogP) is 3.21. The van der Waals surface area contributed by atoms with E-state index in [1.54, 1.807) is 0 Å². The molecule has 1 unspecified atom stereocenters. The second kappa shape index (κ2) is 6.59. The fourth-order valence-corrected chi connectivity index (χ4v) is 4.21. The van der Waals surface area contributed by atoms with Gasteiger partial charge in [-0.25, -0.2) is 0 Å². The number of nitrogens with one attached hydrogen (secondary N) is 1. The summed E-state index contributed by atoms with van der Waals surface area (Å²) in [4.78, 5) is 2.64. The highest BCUT2D eigenvalue weighted by Crippen LogP contribution is 2.47. The van der Waals surface area contributed by atoms with Crippen molar-refractivity contribution in [3.05, 3.63) is 24.0 Å². The van der Waals surface area contributed by atoms with Gasteiger partial charge in [0.2, 0.25) is 0 Å². The summed E-state index contributed by atoms with van der Waals surface area (Å²) in [7, 11) is 1.93. The molecule has 2 fully saturated rings. The van der Waals surface area contributed by atoms with Gasteiger partial charge in [0.1, 0.15) is 5.82 Å². The minimum Gasteiger partial charge on any atom is -0.365 e. The van der Waals surface area contributed by atoms with E-state index in [0.29, 0.717) is 11.5 Å². The first-order chi connectivity index (χ1) is 12.7. The van der Waals surface area contributed by atoms with Gasteiger partial charge >= 0.3 is 0 Å². The topological polar surface area (TPSA) is 58.9 Å². The zero-order chi connectivity index (χ0) is 19.3. The molecule has 4 rings (SSSR count). The first kappa shape index (κ1) is 18.4. The van der Waals surface area contributed by atoms with Crippen LogP contribution in [0.2, 0.25) is 0 Å². The minimum absolute atomic E-state index is 0.383. The number of piperidine rings is 1. The summed E-state index contributed by atoms with van der Waals surface area (Å²) in [6.07, 6.45) is 1.99. The molecule has 1 saturated carbocycles.